The van der Waals surface area contributed by atoms with E-state index in [0.717, 1.165) is 45.7 Å². The first-order chi connectivity index (χ1) is 7.69. The first kappa shape index (κ1) is 11.8. The highest BCUT2D eigenvalue weighted by Crippen LogP contribution is 2.31. The van der Waals surface area contributed by atoms with Crippen molar-refractivity contribution in [2.45, 2.75) is 18.9 Å². The zero-order valence-electron chi connectivity index (χ0n) is 10.4. The fourth-order valence-corrected chi connectivity index (χ4v) is 2.92. The Labute approximate surface area is 98.2 Å². The summed E-state index contributed by atoms with van der Waals surface area (Å²) in [5, 5.41) is 13.0. The minimum Gasteiger partial charge on any atom is -0.316 e. The number of hydrogen-bond acceptors (Lipinski definition) is 4. The van der Waals surface area contributed by atoms with Crippen LogP contribution in [0.4, 0.5) is 0 Å². The zero-order chi connectivity index (χ0) is 11.6. The van der Waals surface area contributed by atoms with Crippen LogP contribution in [0.3, 0.4) is 0 Å². The normalized spacial score (nSPS) is 38.2. The van der Waals surface area contributed by atoms with Gasteiger partial charge in [-0.25, -0.2) is 0 Å². The van der Waals surface area contributed by atoms with Crippen molar-refractivity contribution in [3.63, 3.8) is 0 Å². The SMILES string of the molecule is CC1CNCCC1(C#N)N1CCN(C)CC1. The highest BCUT2D eigenvalue weighted by molar-refractivity contribution is 5.14. The lowest BCUT2D eigenvalue weighted by Gasteiger charge is -2.48. The van der Waals surface area contributed by atoms with Gasteiger partial charge in [-0.3, -0.25) is 4.90 Å². The molecule has 2 aliphatic heterocycles. The predicted molar refractivity (Wildman–Crippen MR) is 64.1 cm³/mol. The van der Waals surface area contributed by atoms with Crippen molar-refractivity contribution < 1.29 is 0 Å². The van der Waals surface area contributed by atoms with E-state index in [-0.39, 0.29) is 5.54 Å². The summed E-state index contributed by atoms with van der Waals surface area (Å²) in [6.45, 7) is 8.40. The van der Waals surface area contributed by atoms with Crippen molar-refractivity contribution in [2.75, 3.05) is 46.3 Å². The first-order valence-corrected chi connectivity index (χ1v) is 6.24. The highest BCUT2D eigenvalue weighted by Gasteiger charge is 2.44. The van der Waals surface area contributed by atoms with Gasteiger partial charge in [0.15, 0.2) is 0 Å². The van der Waals surface area contributed by atoms with E-state index in [1.54, 1.807) is 0 Å². The molecule has 2 atom stereocenters. The topological polar surface area (TPSA) is 42.3 Å². The van der Waals surface area contributed by atoms with Crippen LogP contribution in [-0.2, 0) is 0 Å². The van der Waals surface area contributed by atoms with Gasteiger partial charge < -0.3 is 10.2 Å². The summed E-state index contributed by atoms with van der Waals surface area (Å²) in [6, 6.07) is 2.62. The van der Waals surface area contributed by atoms with Gasteiger partial charge in [-0.15, -0.1) is 0 Å². The van der Waals surface area contributed by atoms with E-state index < -0.39 is 0 Å². The Kier molecular flexibility index (Phi) is 3.48. The summed E-state index contributed by atoms with van der Waals surface area (Å²) in [5.74, 6) is 0.426. The van der Waals surface area contributed by atoms with Gasteiger partial charge in [-0.1, -0.05) is 6.92 Å². The number of nitriles is 1. The lowest BCUT2D eigenvalue weighted by Crippen LogP contribution is -2.63. The lowest BCUT2D eigenvalue weighted by molar-refractivity contribution is 0.0236. The van der Waals surface area contributed by atoms with Crippen LogP contribution in [-0.4, -0.2) is 61.7 Å². The summed E-state index contributed by atoms with van der Waals surface area (Å²) in [6.07, 6.45) is 0.967. The average Bonchev–Trinajstić information content (AvgIpc) is 2.31. The quantitative estimate of drug-likeness (QED) is 0.684. The third kappa shape index (κ3) is 1.95. The number of nitrogens with zero attached hydrogens (tertiary/aromatic N) is 3. The molecule has 1 N–H and O–H groups in total. The fraction of sp³-hybridized carbons (Fsp3) is 0.917. The van der Waals surface area contributed by atoms with Crippen LogP contribution in [0.25, 0.3) is 0 Å². The van der Waals surface area contributed by atoms with Gasteiger partial charge in [-0.05, 0) is 20.0 Å². The highest BCUT2D eigenvalue weighted by atomic mass is 15.3. The van der Waals surface area contributed by atoms with E-state index in [4.69, 9.17) is 0 Å². The Morgan fingerprint density at radius 3 is 2.56 bits per heavy atom. The summed E-state index contributed by atoms with van der Waals surface area (Å²) in [5.41, 5.74) is -0.216. The van der Waals surface area contributed by atoms with Gasteiger partial charge in [0.05, 0.1) is 6.07 Å². The van der Waals surface area contributed by atoms with E-state index in [1.807, 2.05) is 0 Å². The summed E-state index contributed by atoms with van der Waals surface area (Å²) in [7, 11) is 2.16. The van der Waals surface area contributed by atoms with E-state index >= 15 is 0 Å². The Balaban J connectivity index is 2.11. The molecule has 0 aromatic rings. The maximum atomic E-state index is 9.60. The summed E-state index contributed by atoms with van der Waals surface area (Å²) in [4.78, 5) is 4.76. The molecule has 2 aliphatic rings. The van der Waals surface area contributed by atoms with Gasteiger partial charge in [0.1, 0.15) is 5.54 Å². The molecule has 0 saturated carbocycles. The van der Waals surface area contributed by atoms with Crippen LogP contribution in [0.15, 0.2) is 0 Å². The van der Waals surface area contributed by atoms with E-state index in [0.29, 0.717) is 5.92 Å². The second kappa shape index (κ2) is 4.70. The second-order valence-electron chi connectivity index (χ2n) is 5.18. The molecule has 0 radical (unpaired) electrons. The molecule has 2 fully saturated rings. The third-order valence-corrected chi connectivity index (χ3v) is 4.21. The van der Waals surface area contributed by atoms with Gasteiger partial charge in [0.25, 0.3) is 0 Å². The van der Waals surface area contributed by atoms with Crippen LogP contribution < -0.4 is 5.32 Å². The smallest absolute Gasteiger partial charge is 0.114 e. The molecule has 2 unspecified atom stereocenters. The minimum atomic E-state index is -0.216. The van der Waals surface area contributed by atoms with Crippen molar-refractivity contribution in [2.24, 2.45) is 5.92 Å². The molecule has 2 rings (SSSR count). The van der Waals surface area contributed by atoms with Gasteiger partial charge >= 0.3 is 0 Å². The molecular weight excluding hydrogens is 200 g/mol. The van der Waals surface area contributed by atoms with Crippen molar-refractivity contribution in [1.29, 1.82) is 5.26 Å². The number of nitrogens with one attached hydrogen (secondary N) is 1. The minimum absolute atomic E-state index is 0.216. The molecule has 16 heavy (non-hydrogen) atoms. The molecule has 0 aliphatic carbocycles. The monoisotopic (exact) mass is 222 g/mol. The number of likely N-dealkylation sites (N-methyl/N-ethyl adjacent to an activating group) is 1. The predicted octanol–water partition coefficient (Wildman–Crippen LogP) is 0.126. The van der Waals surface area contributed by atoms with Crippen LogP contribution in [0.1, 0.15) is 13.3 Å². The molecular formula is C12H22N4. The number of hydrogen-bond donors (Lipinski definition) is 1. The molecule has 2 heterocycles. The van der Waals surface area contributed by atoms with E-state index in [9.17, 15) is 5.26 Å². The molecule has 0 aromatic heterocycles. The van der Waals surface area contributed by atoms with Gasteiger partial charge in [-0.2, -0.15) is 5.26 Å². The van der Waals surface area contributed by atoms with Gasteiger partial charge in [0.2, 0.25) is 0 Å². The average molecular weight is 222 g/mol. The number of piperazine rings is 1. The number of piperidine rings is 1. The summed E-state index contributed by atoms with van der Waals surface area (Å²) < 4.78 is 0. The summed E-state index contributed by atoms with van der Waals surface area (Å²) >= 11 is 0. The maximum Gasteiger partial charge on any atom is 0.114 e. The molecule has 2 saturated heterocycles. The van der Waals surface area contributed by atoms with Gasteiger partial charge in [0, 0.05) is 38.6 Å². The third-order valence-electron chi connectivity index (χ3n) is 4.21. The molecule has 0 aromatic carbocycles. The molecule has 0 spiro atoms. The van der Waals surface area contributed by atoms with Crippen LogP contribution in [0, 0.1) is 17.2 Å². The van der Waals surface area contributed by atoms with Crippen molar-refractivity contribution in [3.05, 3.63) is 0 Å². The standard InChI is InChI=1S/C12H22N4/c1-11-9-14-4-3-12(11,10-13)16-7-5-15(2)6-8-16/h11,14H,3-9H2,1-2H3. The Bertz CT molecular complexity index is 277. The van der Waals surface area contributed by atoms with Crippen molar-refractivity contribution in [3.8, 4) is 6.07 Å². The lowest BCUT2D eigenvalue weighted by atomic mass is 9.79. The first-order valence-electron chi connectivity index (χ1n) is 6.24. The molecule has 4 nitrogen and oxygen atoms in total. The molecule has 90 valence electrons. The maximum absolute atomic E-state index is 9.60. The Morgan fingerprint density at radius 2 is 2.00 bits per heavy atom. The fourth-order valence-electron chi connectivity index (χ4n) is 2.92. The van der Waals surface area contributed by atoms with E-state index in [1.165, 1.54) is 0 Å². The van der Waals surface area contributed by atoms with E-state index in [2.05, 4.69) is 35.2 Å². The molecule has 0 amide bonds. The molecule has 0 bridgehead atoms. The van der Waals surface area contributed by atoms with Crippen LogP contribution >= 0.6 is 0 Å². The zero-order valence-corrected chi connectivity index (χ0v) is 10.4. The van der Waals surface area contributed by atoms with Crippen molar-refractivity contribution in [1.82, 2.24) is 15.1 Å². The largest absolute Gasteiger partial charge is 0.316 e. The second-order valence-corrected chi connectivity index (χ2v) is 5.18. The Morgan fingerprint density at radius 1 is 1.31 bits per heavy atom. The van der Waals surface area contributed by atoms with Crippen molar-refractivity contribution >= 4 is 0 Å². The number of rotatable bonds is 1. The van der Waals surface area contributed by atoms with Crippen LogP contribution in [0.5, 0.6) is 0 Å². The molecule has 4 heteroatoms. The Hall–Kier alpha value is -0.630. The van der Waals surface area contributed by atoms with Crippen LogP contribution in [0.2, 0.25) is 0 Å².